The van der Waals surface area contributed by atoms with Crippen molar-refractivity contribution in [1.82, 2.24) is 0 Å². The number of benzene rings is 2. The molecule has 3 heteroatoms. The molecule has 2 aromatic rings. The maximum absolute atomic E-state index is 5.88. The Kier molecular flexibility index (Phi) is 3.29. The highest BCUT2D eigenvalue weighted by Crippen LogP contribution is 2.58. The van der Waals surface area contributed by atoms with Crippen LogP contribution in [0, 0.1) is 5.92 Å². The summed E-state index contributed by atoms with van der Waals surface area (Å²) >= 11 is 3.98. The van der Waals surface area contributed by atoms with E-state index in [2.05, 4.69) is 48.5 Å². The zero-order chi connectivity index (χ0) is 13.5. The first-order valence-corrected chi connectivity index (χ1v) is 8.75. The molecule has 0 bridgehead atoms. The van der Waals surface area contributed by atoms with Gasteiger partial charge in [-0.15, -0.1) is 23.5 Å². The minimum atomic E-state index is 0.221. The van der Waals surface area contributed by atoms with E-state index in [4.69, 9.17) is 4.74 Å². The van der Waals surface area contributed by atoms with Crippen molar-refractivity contribution in [2.75, 3.05) is 12.9 Å². The smallest absolute Gasteiger partial charge is 0.0882 e. The van der Waals surface area contributed by atoms with Crippen LogP contribution in [0.4, 0.5) is 0 Å². The van der Waals surface area contributed by atoms with Gasteiger partial charge in [0.2, 0.25) is 0 Å². The Hall–Kier alpha value is -0.900. The molecular weight excluding hydrogens is 284 g/mol. The van der Waals surface area contributed by atoms with E-state index < -0.39 is 0 Å². The molecule has 0 aliphatic carbocycles. The molecule has 0 fully saturated rings. The molecule has 0 saturated heterocycles. The molecule has 2 heterocycles. The summed E-state index contributed by atoms with van der Waals surface area (Å²) in [5, 5.41) is 0.521. The molecule has 0 amide bonds. The lowest BCUT2D eigenvalue weighted by molar-refractivity contribution is 0.0534. The summed E-state index contributed by atoms with van der Waals surface area (Å²) in [7, 11) is 1.85. The molecular formula is C17H16OS2. The van der Waals surface area contributed by atoms with Gasteiger partial charge in [0.05, 0.1) is 6.10 Å². The summed E-state index contributed by atoms with van der Waals surface area (Å²) in [6, 6.07) is 17.5. The van der Waals surface area contributed by atoms with E-state index in [9.17, 15) is 0 Å². The fourth-order valence-corrected chi connectivity index (χ4v) is 6.21. The zero-order valence-corrected chi connectivity index (χ0v) is 12.9. The highest BCUT2D eigenvalue weighted by Gasteiger charge is 2.41. The Morgan fingerprint density at radius 1 is 0.950 bits per heavy atom. The lowest BCUT2D eigenvalue weighted by Crippen LogP contribution is -2.29. The summed E-state index contributed by atoms with van der Waals surface area (Å²) in [6.07, 6.45) is 0.221. The zero-order valence-electron chi connectivity index (χ0n) is 11.3. The summed E-state index contributed by atoms with van der Waals surface area (Å²) in [5.41, 5.74) is 2.84. The van der Waals surface area contributed by atoms with Crippen molar-refractivity contribution in [3.05, 3.63) is 59.7 Å². The van der Waals surface area contributed by atoms with Crippen LogP contribution in [0.15, 0.2) is 58.3 Å². The van der Waals surface area contributed by atoms with Crippen molar-refractivity contribution in [3.63, 3.8) is 0 Å². The number of hydrogen-bond donors (Lipinski definition) is 0. The van der Waals surface area contributed by atoms with Gasteiger partial charge in [0.1, 0.15) is 0 Å². The maximum atomic E-state index is 5.88. The Bertz CT molecular complexity index is 640. The van der Waals surface area contributed by atoms with Gasteiger partial charge in [0, 0.05) is 33.8 Å². The highest BCUT2D eigenvalue weighted by molar-refractivity contribution is 8.01. The second-order valence-electron chi connectivity index (χ2n) is 5.25. The lowest BCUT2D eigenvalue weighted by Gasteiger charge is -2.41. The molecule has 1 nitrogen and oxygen atoms in total. The van der Waals surface area contributed by atoms with Crippen molar-refractivity contribution in [2.45, 2.75) is 21.1 Å². The third-order valence-electron chi connectivity index (χ3n) is 4.17. The van der Waals surface area contributed by atoms with Gasteiger partial charge in [0.25, 0.3) is 0 Å². The molecule has 102 valence electrons. The van der Waals surface area contributed by atoms with Crippen molar-refractivity contribution in [2.24, 2.45) is 5.92 Å². The fourth-order valence-electron chi connectivity index (χ4n) is 3.24. The lowest BCUT2D eigenvalue weighted by atomic mass is 9.89. The molecule has 3 atom stereocenters. The van der Waals surface area contributed by atoms with Crippen LogP contribution in [0.5, 0.6) is 0 Å². The third-order valence-corrected chi connectivity index (χ3v) is 6.89. The standard InChI is InChI=1S/C17H16OS2/c1-18-16-11-6-2-5-9-15(11)20-17-12-7-3-4-8-14(12)19-10-13(16)17/h2-9,13,16-17H,10H2,1H3/t13-,16-,17-/m1/s1. The van der Waals surface area contributed by atoms with Gasteiger partial charge in [-0.25, -0.2) is 0 Å². The van der Waals surface area contributed by atoms with Crippen LogP contribution >= 0.6 is 23.5 Å². The first-order valence-electron chi connectivity index (χ1n) is 6.88. The number of rotatable bonds is 1. The summed E-state index contributed by atoms with van der Waals surface area (Å²) in [4.78, 5) is 2.82. The van der Waals surface area contributed by atoms with Gasteiger partial charge in [-0.2, -0.15) is 0 Å². The normalized spacial score (nSPS) is 27.4. The van der Waals surface area contributed by atoms with Crippen molar-refractivity contribution >= 4 is 23.5 Å². The molecule has 0 radical (unpaired) electrons. The predicted octanol–water partition coefficient (Wildman–Crippen LogP) is 4.94. The van der Waals surface area contributed by atoms with Crippen LogP contribution in [0.3, 0.4) is 0 Å². The van der Waals surface area contributed by atoms with Crippen LogP contribution in [-0.2, 0) is 4.74 Å². The number of ether oxygens (including phenoxy) is 1. The fraction of sp³-hybridized carbons (Fsp3) is 0.294. The van der Waals surface area contributed by atoms with Crippen LogP contribution < -0.4 is 0 Å². The first kappa shape index (κ1) is 12.8. The molecule has 20 heavy (non-hydrogen) atoms. The minimum absolute atomic E-state index is 0.221. The number of methoxy groups -OCH3 is 1. The van der Waals surface area contributed by atoms with Gasteiger partial charge < -0.3 is 4.74 Å². The van der Waals surface area contributed by atoms with E-state index in [0.717, 1.165) is 5.75 Å². The minimum Gasteiger partial charge on any atom is -0.376 e. The Morgan fingerprint density at radius 3 is 2.45 bits per heavy atom. The number of hydrogen-bond acceptors (Lipinski definition) is 3. The third kappa shape index (κ3) is 1.92. The van der Waals surface area contributed by atoms with Gasteiger partial charge >= 0.3 is 0 Å². The van der Waals surface area contributed by atoms with Crippen LogP contribution in [0.25, 0.3) is 0 Å². The quantitative estimate of drug-likeness (QED) is 0.738. The predicted molar refractivity (Wildman–Crippen MR) is 85.4 cm³/mol. The largest absolute Gasteiger partial charge is 0.376 e. The van der Waals surface area contributed by atoms with Gasteiger partial charge in [-0.1, -0.05) is 36.4 Å². The maximum Gasteiger partial charge on any atom is 0.0882 e. The van der Waals surface area contributed by atoms with E-state index in [0.29, 0.717) is 11.2 Å². The molecule has 4 rings (SSSR count). The van der Waals surface area contributed by atoms with Crippen molar-refractivity contribution in [1.29, 1.82) is 0 Å². The molecule has 0 unspecified atom stereocenters. The molecule has 0 aromatic heterocycles. The average molecular weight is 300 g/mol. The Balaban J connectivity index is 1.83. The first-order chi connectivity index (χ1) is 9.88. The number of fused-ring (bicyclic) bond motifs is 4. The van der Waals surface area contributed by atoms with E-state index in [1.807, 2.05) is 30.6 Å². The summed E-state index contributed by atoms with van der Waals surface area (Å²) in [6.45, 7) is 0. The SMILES string of the molecule is CO[C@@H]1c2ccccc2S[C@@H]2c3ccccc3SC[C@H]12. The topological polar surface area (TPSA) is 9.23 Å². The molecule has 2 aliphatic heterocycles. The van der Waals surface area contributed by atoms with Crippen LogP contribution in [0.2, 0.25) is 0 Å². The van der Waals surface area contributed by atoms with E-state index in [-0.39, 0.29) is 6.10 Å². The van der Waals surface area contributed by atoms with Crippen LogP contribution in [-0.4, -0.2) is 12.9 Å². The van der Waals surface area contributed by atoms with Crippen molar-refractivity contribution < 1.29 is 4.74 Å². The molecule has 0 saturated carbocycles. The van der Waals surface area contributed by atoms with Crippen molar-refractivity contribution in [3.8, 4) is 0 Å². The van der Waals surface area contributed by atoms with Crippen LogP contribution in [0.1, 0.15) is 22.5 Å². The second kappa shape index (κ2) is 5.14. The second-order valence-corrected chi connectivity index (χ2v) is 7.49. The molecule has 2 aliphatic rings. The number of thioether (sulfide) groups is 2. The summed E-state index contributed by atoms with van der Waals surface area (Å²) in [5.74, 6) is 1.70. The monoisotopic (exact) mass is 300 g/mol. The summed E-state index contributed by atoms with van der Waals surface area (Å²) < 4.78 is 5.88. The molecule has 0 spiro atoms. The average Bonchev–Trinajstić information content (AvgIpc) is 2.52. The Morgan fingerprint density at radius 2 is 1.65 bits per heavy atom. The van der Waals surface area contributed by atoms with Gasteiger partial charge in [-0.3, -0.25) is 0 Å². The van der Waals surface area contributed by atoms with Gasteiger partial charge in [-0.05, 0) is 23.3 Å². The van der Waals surface area contributed by atoms with E-state index >= 15 is 0 Å². The molecule has 2 aromatic carbocycles. The molecule has 0 N–H and O–H groups in total. The Labute approximate surface area is 128 Å². The highest BCUT2D eigenvalue weighted by atomic mass is 32.2. The van der Waals surface area contributed by atoms with E-state index in [1.54, 1.807) is 0 Å². The van der Waals surface area contributed by atoms with E-state index in [1.165, 1.54) is 20.9 Å². The van der Waals surface area contributed by atoms with Gasteiger partial charge in [0.15, 0.2) is 0 Å².